The molecule has 0 bridgehead atoms. The summed E-state index contributed by atoms with van der Waals surface area (Å²) in [4.78, 5) is 8.34. The van der Waals surface area contributed by atoms with E-state index in [4.69, 9.17) is 23.2 Å². The summed E-state index contributed by atoms with van der Waals surface area (Å²) in [5.41, 5.74) is 4.77. The summed E-state index contributed by atoms with van der Waals surface area (Å²) in [7, 11) is 0. The quantitative estimate of drug-likeness (QED) is 0.672. The van der Waals surface area contributed by atoms with Crippen LogP contribution in [0.3, 0.4) is 0 Å². The molecule has 0 saturated carbocycles. The van der Waals surface area contributed by atoms with Gasteiger partial charge in [-0.15, -0.1) is 0 Å². The Morgan fingerprint density at radius 2 is 1.80 bits per heavy atom. The molecule has 0 unspecified atom stereocenters. The fourth-order valence-electron chi connectivity index (χ4n) is 1.62. The molecular formula is C13H12Cl2N4O. The molecule has 0 amide bonds. The van der Waals surface area contributed by atoms with Crippen molar-refractivity contribution >= 4 is 35.4 Å². The van der Waals surface area contributed by atoms with Crippen LogP contribution in [0.15, 0.2) is 23.3 Å². The van der Waals surface area contributed by atoms with Crippen LogP contribution in [0, 0.1) is 13.8 Å². The normalized spacial score (nSPS) is 11.0. The van der Waals surface area contributed by atoms with Crippen LogP contribution in [-0.4, -0.2) is 21.3 Å². The molecule has 5 nitrogen and oxygen atoms in total. The third kappa shape index (κ3) is 3.59. The van der Waals surface area contributed by atoms with E-state index in [0.717, 1.165) is 11.4 Å². The maximum atomic E-state index is 9.77. The Balaban J connectivity index is 2.18. The SMILES string of the molecule is Cc1cc(C)nc(N/N=C\c2cc(Cl)cc(Cl)c2O)n1. The van der Waals surface area contributed by atoms with Gasteiger partial charge < -0.3 is 5.11 Å². The number of nitrogens with zero attached hydrogens (tertiary/aromatic N) is 3. The van der Waals surface area contributed by atoms with Gasteiger partial charge in [-0.1, -0.05) is 23.2 Å². The number of hydrogen-bond acceptors (Lipinski definition) is 5. The van der Waals surface area contributed by atoms with Gasteiger partial charge in [0, 0.05) is 22.0 Å². The third-order valence-corrected chi connectivity index (χ3v) is 2.91. The predicted molar refractivity (Wildman–Crippen MR) is 80.8 cm³/mol. The molecule has 0 radical (unpaired) electrons. The molecule has 0 aliphatic carbocycles. The van der Waals surface area contributed by atoms with Gasteiger partial charge >= 0.3 is 0 Å². The number of hydrazone groups is 1. The van der Waals surface area contributed by atoms with Crippen LogP contribution >= 0.6 is 23.2 Å². The van der Waals surface area contributed by atoms with Crippen LogP contribution in [-0.2, 0) is 0 Å². The van der Waals surface area contributed by atoms with Gasteiger partial charge in [-0.25, -0.2) is 15.4 Å². The lowest BCUT2D eigenvalue weighted by Gasteiger charge is -2.03. The third-order valence-electron chi connectivity index (χ3n) is 2.41. The molecule has 0 fully saturated rings. The van der Waals surface area contributed by atoms with Crippen molar-refractivity contribution in [1.82, 2.24) is 9.97 Å². The van der Waals surface area contributed by atoms with Gasteiger partial charge in [0.25, 0.3) is 0 Å². The zero-order valence-electron chi connectivity index (χ0n) is 10.9. The van der Waals surface area contributed by atoms with Gasteiger partial charge in [0.1, 0.15) is 5.75 Å². The monoisotopic (exact) mass is 310 g/mol. The highest BCUT2D eigenvalue weighted by molar-refractivity contribution is 6.36. The first-order valence-electron chi connectivity index (χ1n) is 5.75. The summed E-state index contributed by atoms with van der Waals surface area (Å²) in [6, 6.07) is 4.87. The van der Waals surface area contributed by atoms with Crippen molar-refractivity contribution in [3.63, 3.8) is 0 Å². The molecule has 7 heteroatoms. The zero-order valence-corrected chi connectivity index (χ0v) is 12.4. The van der Waals surface area contributed by atoms with Crippen LogP contribution in [0.5, 0.6) is 5.75 Å². The van der Waals surface area contributed by atoms with E-state index in [0.29, 0.717) is 16.5 Å². The Kier molecular flexibility index (Phi) is 4.42. The van der Waals surface area contributed by atoms with Gasteiger partial charge in [0.15, 0.2) is 0 Å². The van der Waals surface area contributed by atoms with Crippen LogP contribution < -0.4 is 5.43 Å². The van der Waals surface area contributed by atoms with Crippen LogP contribution in [0.4, 0.5) is 5.95 Å². The molecule has 0 spiro atoms. The highest BCUT2D eigenvalue weighted by Gasteiger charge is 2.06. The van der Waals surface area contributed by atoms with Crippen LogP contribution in [0.25, 0.3) is 0 Å². The van der Waals surface area contributed by atoms with E-state index in [2.05, 4.69) is 20.5 Å². The number of benzene rings is 1. The van der Waals surface area contributed by atoms with E-state index < -0.39 is 0 Å². The van der Waals surface area contributed by atoms with Crippen LogP contribution in [0.2, 0.25) is 10.0 Å². The molecule has 0 atom stereocenters. The van der Waals surface area contributed by atoms with Gasteiger partial charge in [-0.05, 0) is 32.0 Å². The van der Waals surface area contributed by atoms with E-state index in [-0.39, 0.29) is 10.8 Å². The van der Waals surface area contributed by atoms with Gasteiger partial charge in [0.05, 0.1) is 11.2 Å². The highest BCUT2D eigenvalue weighted by atomic mass is 35.5. The van der Waals surface area contributed by atoms with Crippen molar-refractivity contribution in [1.29, 1.82) is 0 Å². The maximum absolute atomic E-state index is 9.77. The highest BCUT2D eigenvalue weighted by Crippen LogP contribution is 2.29. The molecule has 1 heterocycles. The van der Waals surface area contributed by atoms with E-state index in [1.807, 2.05) is 19.9 Å². The lowest BCUT2D eigenvalue weighted by Crippen LogP contribution is -1.99. The minimum absolute atomic E-state index is 0.0806. The summed E-state index contributed by atoms with van der Waals surface area (Å²) >= 11 is 11.7. The molecule has 2 N–H and O–H groups in total. The zero-order chi connectivity index (χ0) is 14.7. The Bertz CT molecular complexity index is 653. The predicted octanol–water partition coefficient (Wildman–Crippen LogP) is 3.55. The summed E-state index contributed by atoms with van der Waals surface area (Å²) in [6.07, 6.45) is 1.40. The molecule has 1 aromatic heterocycles. The van der Waals surface area contributed by atoms with Gasteiger partial charge in [0.2, 0.25) is 5.95 Å². The minimum Gasteiger partial charge on any atom is -0.506 e. The molecule has 0 aliphatic rings. The number of nitrogens with one attached hydrogen (secondary N) is 1. The summed E-state index contributed by atoms with van der Waals surface area (Å²) in [5.74, 6) is 0.300. The summed E-state index contributed by atoms with van der Waals surface area (Å²) < 4.78 is 0. The summed E-state index contributed by atoms with van der Waals surface area (Å²) in [5, 5.41) is 14.3. The Labute approximate surface area is 126 Å². The van der Waals surface area contributed by atoms with Gasteiger partial charge in [-0.2, -0.15) is 5.10 Å². The smallest absolute Gasteiger partial charge is 0.243 e. The number of anilines is 1. The molecule has 2 rings (SSSR count). The lowest BCUT2D eigenvalue weighted by atomic mass is 10.2. The number of halogens is 2. The van der Waals surface area contributed by atoms with E-state index in [9.17, 15) is 5.11 Å². The molecule has 0 aliphatic heterocycles. The first kappa shape index (κ1) is 14.6. The number of phenols is 1. The van der Waals surface area contributed by atoms with Crippen LogP contribution in [0.1, 0.15) is 17.0 Å². The number of aromatic hydroxyl groups is 1. The number of aryl methyl sites for hydroxylation is 2. The molecule has 20 heavy (non-hydrogen) atoms. The molecule has 2 aromatic rings. The fourth-order valence-corrected chi connectivity index (χ4v) is 2.13. The number of rotatable bonds is 3. The first-order valence-corrected chi connectivity index (χ1v) is 6.50. The molecule has 0 saturated heterocycles. The fraction of sp³-hybridized carbons (Fsp3) is 0.154. The minimum atomic E-state index is -0.0806. The number of phenolic OH excluding ortho intramolecular Hbond substituents is 1. The Morgan fingerprint density at radius 1 is 1.15 bits per heavy atom. The lowest BCUT2D eigenvalue weighted by molar-refractivity contribution is 0.475. The van der Waals surface area contributed by atoms with E-state index >= 15 is 0 Å². The maximum Gasteiger partial charge on any atom is 0.243 e. The van der Waals surface area contributed by atoms with Crippen molar-refractivity contribution in [2.75, 3.05) is 5.43 Å². The number of hydrogen-bond donors (Lipinski definition) is 2. The average molecular weight is 311 g/mol. The van der Waals surface area contributed by atoms with Gasteiger partial charge in [-0.3, -0.25) is 0 Å². The largest absolute Gasteiger partial charge is 0.506 e. The van der Waals surface area contributed by atoms with E-state index in [1.165, 1.54) is 12.3 Å². The van der Waals surface area contributed by atoms with Crippen molar-refractivity contribution in [2.45, 2.75) is 13.8 Å². The second-order valence-corrected chi connectivity index (χ2v) is 5.01. The Hall–Kier alpha value is -1.85. The average Bonchev–Trinajstić information content (AvgIpc) is 2.34. The Morgan fingerprint density at radius 3 is 2.45 bits per heavy atom. The van der Waals surface area contributed by atoms with Crippen molar-refractivity contribution in [3.05, 3.63) is 45.2 Å². The summed E-state index contributed by atoms with van der Waals surface area (Å²) in [6.45, 7) is 3.73. The second-order valence-electron chi connectivity index (χ2n) is 4.17. The first-order chi connectivity index (χ1) is 9.45. The molecular weight excluding hydrogens is 299 g/mol. The number of aromatic nitrogens is 2. The second kappa shape index (κ2) is 6.07. The van der Waals surface area contributed by atoms with Crippen molar-refractivity contribution in [3.8, 4) is 5.75 Å². The molecule has 1 aromatic carbocycles. The topological polar surface area (TPSA) is 70.4 Å². The van der Waals surface area contributed by atoms with Crippen molar-refractivity contribution < 1.29 is 5.11 Å². The van der Waals surface area contributed by atoms with Crippen molar-refractivity contribution in [2.24, 2.45) is 5.10 Å². The standard InChI is InChI=1S/C13H12Cl2N4O/c1-7-3-8(2)18-13(17-7)19-16-6-9-4-10(14)5-11(15)12(9)20/h3-6,20H,1-2H3,(H,17,18,19)/b16-6-. The van der Waals surface area contributed by atoms with E-state index in [1.54, 1.807) is 6.07 Å². The molecule has 104 valence electrons.